The number of allylic oxidation sites excluding steroid dienone is 2. The zero-order valence-electron chi connectivity index (χ0n) is 11.7. The highest BCUT2D eigenvalue weighted by Crippen LogP contribution is 2.59. The molecule has 1 fully saturated rings. The van der Waals surface area contributed by atoms with Crippen molar-refractivity contribution in [2.24, 2.45) is 10.8 Å². The van der Waals surface area contributed by atoms with Gasteiger partial charge in [-0.2, -0.15) is 0 Å². The SMILES string of the molecule is COC(=O)C1(C(=O)OC)CC2=C(C)C(=O)CC2(C)C1. The van der Waals surface area contributed by atoms with Gasteiger partial charge in [-0.05, 0) is 30.8 Å². The molecule has 0 spiro atoms. The molecule has 0 aromatic carbocycles. The van der Waals surface area contributed by atoms with Crippen LogP contribution in [0.2, 0.25) is 0 Å². The lowest BCUT2D eigenvalue weighted by atomic mass is 9.79. The second-order valence-corrected chi connectivity index (χ2v) is 5.68. The maximum absolute atomic E-state index is 12.1. The average Bonchev–Trinajstić information content (AvgIpc) is 2.79. The van der Waals surface area contributed by atoms with E-state index in [-0.39, 0.29) is 18.6 Å². The Morgan fingerprint density at radius 3 is 2.05 bits per heavy atom. The molecule has 0 bridgehead atoms. The van der Waals surface area contributed by atoms with Gasteiger partial charge in [0.15, 0.2) is 11.2 Å². The molecule has 0 amide bonds. The number of rotatable bonds is 2. The Hall–Kier alpha value is -1.65. The van der Waals surface area contributed by atoms with Crippen LogP contribution in [-0.2, 0) is 23.9 Å². The number of hydrogen-bond acceptors (Lipinski definition) is 5. The molecule has 0 radical (unpaired) electrons. The fourth-order valence-corrected chi connectivity index (χ4v) is 3.52. The summed E-state index contributed by atoms with van der Waals surface area (Å²) < 4.78 is 9.57. The quantitative estimate of drug-likeness (QED) is 0.558. The molecule has 19 heavy (non-hydrogen) atoms. The Bertz CT molecular complexity index is 486. The summed E-state index contributed by atoms with van der Waals surface area (Å²) in [5.74, 6) is -1.06. The summed E-state index contributed by atoms with van der Waals surface area (Å²) in [6.07, 6.45) is 0.849. The van der Waals surface area contributed by atoms with Crippen LogP contribution >= 0.6 is 0 Å². The fourth-order valence-electron chi connectivity index (χ4n) is 3.52. The highest BCUT2D eigenvalue weighted by molar-refractivity contribution is 6.05. The zero-order valence-corrected chi connectivity index (χ0v) is 11.7. The van der Waals surface area contributed by atoms with E-state index in [0.29, 0.717) is 12.0 Å². The van der Waals surface area contributed by atoms with Crippen LogP contribution in [0.15, 0.2) is 11.1 Å². The number of Topliss-reactive ketones (excluding diaryl/α,β-unsaturated/α-hetero) is 1. The normalized spacial score (nSPS) is 28.3. The molecule has 2 rings (SSSR count). The minimum Gasteiger partial charge on any atom is -0.468 e. The minimum atomic E-state index is -1.30. The third kappa shape index (κ3) is 1.71. The van der Waals surface area contributed by atoms with Gasteiger partial charge in [-0.3, -0.25) is 14.4 Å². The van der Waals surface area contributed by atoms with Gasteiger partial charge in [-0.1, -0.05) is 12.5 Å². The first kappa shape index (κ1) is 13.8. The van der Waals surface area contributed by atoms with Gasteiger partial charge in [0, 0.05) is 6.42 Å². The lowest BCUT2D eigenvalue weighted by molar-refractivity contribution is -0.169. The van der Waals surface area contributed by atoms with Crippen LogP contribution in [0.3, 0.4) is 0 Å². The molecule has 104 valence electrons. The molecule has 0 heterocycles. The van der Waals surface area contributed by atoms with Gasteiger partial charge in [0.2, 0.25) is 0 Å². The van der Waals surface area contributed by atoms with Crippen LogP contribution in [0.25, 0.3) is 0 Å². The van der Waals surface area contributed by atoms with Gasteiger partial charge in [-0.25, -0.2) is 0 Å². The van der Waals surface area contributed by atoms with E-state index < -0.39 is 22.8 Å². The summed E-state index contributed by atoms with van der Waals surface area (Å²) in [4.78, 5) is 35.9. The van der Waals surface area contributed by atoms with Crippen LogP contribution in [0.4, 0.5) is 0 Å². The van der Waals surface area contributed by atoms with Gasteiger partial charge >= 0.3 is 11.9 Å². The number of carbonyl (C=O) groups is 3. The van der Waals surface area contributed by atoms with Gasteiger partial charge in [0.25, 0.3) is 0 Å². The van der Waals surface area contributed by atoms with Gasteiger partial charge in [-0.15, -0.1) is 0 Å². The first-order valence-corrected chi connectivity index (χ1v) is 6.21. The van der Waals surface area contributed by atoms with E-state index in [2.05, 4.69) is 0 Å². The first-order valence-electron chi connectivity index (χ1n) is 6.21. The highest BCUT2D eigenvalue weighted by Gasteiger charge is 2.62. The summed E-state index contributed by atoms with van der Waals surface area (Å²) in [5.41, 5.74) is -0.149. The summed E-state index contributed by atoms with van der Waals surface area (Å²) >= 11 is 0. The molecule has 0 aromatic heterocycles. The Labute approximate surface area is 111 Å². The smallest absolute Gasteiger partial charge is 0.323 e. The van der Waals surface area contributed by atoms with Crippen molar-refractivity contribution in [2.75, 3.05) is 14.2 Å². The van der Waals surface area contributed by atoms with Crippen LogP contribution < -0.4 is 0 Å². The lowest BCUT2D eigenvalue weighted by Crippen LogP contribution is -2.40. The number of carbonyl (C=O) groups excluding carboxylic acids is 3. The Balaban J connectivity index is 2.50. The van der Waals surface area contributed by atoms with Crippen LogP contribution in [0, 0.1) is 10.8 Å². The molecule has 0 saturated heterocycles. The third-order valence-corrected chi connectivity index (χ3v) is 4.47. The van der Waals surface area contributed by atoms with Crippen LogP contribution in [-0.4, -0.2) is 31.9 Å². The van der Waals surface area contributed by atoms with Crippen molar-refractivity contribution in [3.63, 3.8) is 0 Å². The molecule has 5 heteroatoms. The second kappa shape index (κ2) is 4.18. The average molecular weight is 266 g/mol. The number of esters is 2. The summed E-state index contributed by atoms with van der Waals surface area (Å²) in [5, 5.41) is 0. The number of fused-ring (bicyclic) bond motifs is 1. The molecule has 2 aliphatic rings. The van der Waals surface area contributed by atoms with Gasteiger partial charge in [0.1, 0.15) is 0 Å². The molecule has 0 aliphatic heterocycles. The van der Waals surface area contributed by atoms with Crippen LogP contribution in [0.5, 0.6) is 0 Å². The Morgan fingerprint density at radius 1 is 1.11 bits per heavy atom. The highest BCUT2D eigenvalue weighted by atomic mass is 16.5. The summed E-state index contributed by atoms with van der Waals surface area (Å²) in [7, 11) is 2.52. The van der Waals surface area contributed by atoms with E-state index in [0.717, 1.165) is 5.57 Å². The van der Waals surface area contributed by atoms with Crippen molar-refractivity contribution < 1.29 is 23.9 Å². The van der Waals surface area contributed by atoms with E-state index in [9.17, 15) is 14.4 Å². The fraction of sp³-hybridized carbons (Fsp3) is 0.643. The molecule has 0 aromatic rings. The molecular weight excluding hydrogens is 248 g/mol. The van der Waals surface area contributed by atoms with Crippen molar-refractivity contribution in [1.82, 2.24) is 0 Å². The number of methoxy groups -OCH3 is 2. The molecule has 2 aliphatic carbocycles. The number of ether oxygens (including phenoxy) is 2. The number of hydrogen-bond donors (Lipinski definition) is 0. The second-order valence-electron chi connectivity index (χ2n) is 5.68. The summed E-state index contributed by atoms with van der Waals surface area (Å²) in [6, 6.07) is 0. The van der Waals surface area contributed by atoms with E-state index in [1.807, 2.05) is 6.92 Å². The third-order valence-electron chi connectivity index (χ3n) is 4.47. The molecule has 0 N–H and O–H groups in total. The largest absolute Gasteiger partial charge is 0.468 e. The first-order chi connectivity index (χ1) is 8.80. The van der Waals surface area contributed by atoms with E-state index >= 15 is 0 Å². The maximum Gasteiger partial charge on any atom is 0.323 e. The number of ketones is 1. The predicted octanol–water partition coefficient (Wildman–Crippen LogP) is 1.41. The topological polar surface area (TPSA) is 69.7 Å². The van der Waals surface area contributed by atoms with Crippen molar-refractivity contribution in [2.45, 2.75) is 33.1 Å². The molecular formula is C14H18O5. The van der Waals surface area contributed by atoms with Crippen molar-refractivity contribution in [3.05, 3.63) is 11.1 Å². The molecule has 1 saturated carbocycles. The molecule has 5 nitrogen and oxygen atoms in total. The standard InChI is InChI=1S/C14H18O5/c1-8-9-5-14(11(16)18-3,12(17)19-4)7-13(9,2)6-10(8)15/h5-7H2,1-4H3. The Morgan fingerprint density at radius 2 is 1.63 bits per heavy atom. The lowest BCUT2D eigenvalue weighted by Gasteiger charge is -2.25. The molecule has 1 atom stereocenters. The van der Waals surface area contributed by atoms with Crippen molar-refractivity contribution in [1.29, 1.82) is 0 Å². The zero-order chi connectivity index (χ0) is 14.4. The van der Waals surface area contributed by atoms with Crippen LogP contribution in [0.1, 0.15) is 33.1 Å². The monoisotopic (exact) mass is 266 g/mol. The predicted molar refractivity (Wildman–Crippen MR) is 66.1 cm³/mol. The van der Waals surface area contributed by atoms with E-state index in [1.165, 1.54) is 14.2 Å². The Kier molecular flexibility index (Phi) is 3.03. The van der Waals surface area contributed by atoms with Crippen molar-refractivity contribution in [3.8, 4) is 0 Å². The van der Waals surface area contributed by atoms with Crippen molar-refractivity contribution >= 4 is 17.7 Å². The maximum atomic E-state index is 12.1. The molecule has 1 unspecified atom stereocenters. The van der Waals surface area contributed by atoms with Gasteiger partial charge in [0.05, 0.1) is 14.2 Å². The van der Waals surface area contributed by atoms with E-state index in [1.54, 1.807) is 6.92 Å². The van der Waals surface area contributed by atoms with Gasteiger partial charge < -0.3 is 9.47 Å². The van der Waals surface area contributed by atoms with E-state index in [4.69, 9.17) is 9.47 Å². The summed E-state index contributed by atoms with van der Waals surface area (Å²) in [6.45, 7) is 3.68. The minimum absolute atomic E-state index is 0.0980.